The van der Waals surface area contributed by atoms with E-state index in [1.165, 1.54) is 6.07 Å². The van der Waals surface area contributed by atoms with Crippen LogP contribution in [0.15, 0.2) is 22.7 Å². The van der Waals surface area contributed by atoms with E-state index >= 15 is 0 Å². The average Bonchev–Trinajstić information content (AvgIpc) is 2.80. The van der Waals surface area contributed by atoms with E-state index < -0.39 is 5.82 Å². The van der Waals surface area contributed by atoms with Crippen LogP contribution in [0.4, 0.5) is 10.2 Å². The van der Waals surface area contributed by atoms with Crippen LogP contribution in [0.1, 0.15) is 26.2 Å². The Morgan fingerprint density at radius 2 is 2.26 bits per heavy atom. The zero-order valence-electron chi connectivity index (χ0n) is 10.7. The number of halogens is 1. The molecule has 102 valence electrons. The second kappa shape index (κ2) is 6.47. The number of hydrogen-bond donors (Lipinski definition) is 2. The van der Waals surface area contributed by atoms with Gasteiger partial charge in [0.05, 0.1) is 5.39 Å². The topological polar surface area (TPSA) is 50.1 Å². The molecule has 2 rings (SSSR count). The molecule has 6 heteroatoms. The molecule has 1 heterocycles. The second-order valence-electron chi connectivity index (χ2n) is 4.24. The standard InChI is InChI=1S/C13H16FN3OS/c1-2-3-4-8-15-13(19)16-12-9-6-5-7-10(14)11(9)18-17-12/h5-7H,2-4,8H2,1H3,(H2,15,16,17,19). The predicted octanol–water partition coefficient (Wildman–Crippen LogP) is 3.44. The molecule has 4 nitrogen and oxygen atoms in total. The fourth-order valence-corrected chi connectivity index (χ4v) is 1.95. The highest BCUT2D eigenvalue weighted by atomic mass is 32.1. The average molecular weight is 281 g/mol. The maximum atomic E-state index is 13.4. The Balaban J connectivity index is 1.98. The molecular formula is C13H16FN3OS. The van der Waals surface area contributed by atoms with Gasteiger partial charge in [0.25, 0.3) is 0 Å². The first-order valence-electron chi connectivity index (χ1n) is 6.31. The van der Waals surface area contributed by atoms with Crippen molar-refractivity contribution in [2.24, 2.45) is 0 Å². The smallest absolute Gasteiger partial charge is 0.204 e. The zero-order valence-corrected chi connectivity index (χ0v) is 11.5. The van der Waals surface area contributed by atoms with Crippen LogP contribution in [-0.4, -0.2) is 16.8 Å². The number of rotatable bonds is 5. The van der Waals surface area contributed by atoms with Gasteiger partial charge in [0, 0.05) is 6.54 Å². The number of unbranched alkanes of at least 4 members (excludes halogenated alkanes) is 2. The third-order valence-electron chi connectivity index (χ3n) is 2.75. The summed E-state index contributed by atoms with van der Waals surface area (Å²) in [7, 11) is 0. The van der Waals surface area contributed by atoms with E-state index in [1.54, 1.807) is 12.1 Å². The number of para-hydroxylation sites is 1. The lowest BCUT2D eigenvalue weighted by molar-refractivity contribution is 0.443. The molecule has 0 radical (unpaired) electrons. The van der Waals surface area contributed by atoms with Gasteiger partial charge in [-0.1, -0.05) is 31.0 Å². The Morgan fingerprint density at radius 3 is 3.05 bits per heavy atom. The minimum Gasteiger partial charge on any atom is -0.362 e. The number of thiocarbonyl (C=S) groups is 1. The number of nitrogens with zero attached hydrogens (tertiary/aromatic N) is 1. The van der Waals surface area contributed by atoms with E-state index in [0.717, 1.165) is 25.8 Å². The highest BCUT2D eigenvalue weighted by molar-refractivity contribution is 7.80. The normalized spacial score (nSPS) is 10.6. The Kier molecular flexibility index (Phi) is 4.68. The zero-order chi connectivity index (χ0) is 13.7. The summed E-state index contributed by atoms with van der Waals surface area (Å²) in [4.78, 5) is 0. The van der Waals surface area contributed by atoms with E-state index in [4.69, 9.17) is 16.7 Å². The molecule has 0 aliphatic carbocycles. The van der Waals surface area contributed by atoms with E-state index in [9.17, 15) is 4.39 Å². The molecule has 0 unspecified atom stereocenters. The van der Waals surface area contributed by atoms with Crippen molar-refractivity contribution in [1.82, 2.24) is 10.5 Å². The number of fused-ring (bicyclic) bond motifs is 1. The molecule has 0 fully saturated rings. The lowest BCUT2D eigenvalue weighted by atomic mass is 10.2. The van der Waals surface area contributed by atoms with Crippen LogP contribution in [0.25, 0.3) is 11.0 Å². The van der Waals surface area contributed by atoms with Gasteiger partial charge in [-0.2, -0.15) is 0 Å². The Labute approximate surface area is 116 Å². The molecule has 0 aliphatic rings. The summed E-state index contributed by atoms with van der Waals surface area (Å²) < 4.78 is 18.4. The van der Waals surface area contributed by atoms with Crippen molar-refractivity contribution < 1.29 is 8.91 Å². The number of aromatic nitrogens is 1. The molecule has 1 aromatic heterocycles. The fourth-order valence-electron chi connectivity index (χ4n) is 1.75. The summed E-state index contributed by atoms with van der Waals surface area (Å²) in [5, 5.41) is 10.8. The third kappa shape index (κ3) is 3.41. The maximum Gasteiger partial charge on any atom is 0.204 e. The first-order valence-corrected chi connectivity index (χ1v) is 6.72. The summed E-state index contributed by atoms with van der Waals surface area (Å²) in [5.74, 6) is 0.00219. The predicted molar refractivity (Wildman–Crippen MR) is 77.7 cm³/mol. The van der Waals surface area contributed by atoms with Crippen molar-refractivity contribution >= 4 is 34.1 Å². The molecule has 0 aliphatic heterocycles. The molecule has 2 aromatic rings. The van der Waals surface area contributed by atoms with Crippen LogP contribution < -0.4 is 10.6 Å². The van der Waals surface area contributed by atoms with Gasteiger partial charge in [-0.3, -0.25) is 0 Å². The van der Waals surface area contributed by atoms with E-state index in [0.29, 0.717) is 16.3 Å². The molecule has 0 bridgehead atoms. The molecule has 0 atom stereocenters. The number of nitrogens with one attached hydrogen (secondary N) is 2. The summed E-state index contributed by atoms with van der Waals surface area (Å²) >= 11 is 5.15. The molecule has 0 spiro atoms. The van der Waals surface area contributed by atoms with E-state index in [1.807, 2.05) is 0 Å². The first-order chi connectivity index (χ1) is 9.22. The molecule has 19 heavy (non-hydrogen) atoms. The number of hydrogen-bond acceptors (Lipinski definition) is 3. The molecule has 1 aromatic carbocycles. The van der Waals surface area contributed by atoms with Crippen molar-refractivity contribution in [2.75, 3.05) is 11.9 Å². The minimum absolute atomic E-state index is 0.138. The van der Waals surface area contributed by atoms with Crippen molar-refractivity contribution in [1.29, 1.82) is 0 Å². The van der Waals surface area contributed by atoms with Gasteiger partial charge < -0.3 is 15.2 Å². The van der Waals surface area contributed by atoms with Crippen LogP contribution in [0.3, 0.4) is 0 Å². The van der Waals surface area contributed by atoms with E-state index in [2.05, 4.69) is 22.7 Å². The van der Waals surface area contributed by atoms with Crippen molar-refractivity contribution in [2.45, 2.75) is 26.2 Å². The summed E-state index contributed by atoms with van der Waals surface area (Å²) in [6.07, 6.45) is 3.38. The largest absolute Gasteiger partial charge is 0.362 e. The highest BCUT2D eigenvalue weighted by Gasteiger charge is 2.12. The molecule has 2 N–H and O–H groups in total. The maximum absolute atomic E-state index is 13.4. The van der Waals surface area contributed by atoms with Crippen molar-refractivity contribution in [3.8, 4) is 0 Å². The van der Waals surface area contributed by atoms with Crippen LogP contribution in [0.5, 0.6) is 0 Å². The molecule has 0 saturated carbocycles. The Hall–Kier alpha value is -1.69. The Morgan fingerprint density at radius 1 is 1.42 bits per heavy atom. The van der Waals surface area contributed by atoms with E-state index in [-0.39, 0.29) is 5.58 Å². The Bertz CT molecular complexity index is 570. The summed E-state index contributed by atoms with van der Waals surface area (Å²) in [6, 6.07) is 4.67. The van der Waals surface area contributed by atoms with Gasteiger partial charge in [0.15, 0.2) is 16.7 Å². The summed E-state index contributed by atoms with van der Waals surface area (Å²) in [5.41, 5.74) is 0.138. The minimum atomic E-state index is -0.431. The fraction of sp³-hybridized carbons (Fsp3) is 0.385. The van der Waals surface area contributed by atoms with Gasteiger partial charge in [-0.15, -0.1) is 0 Å². The van der Waals surface area contributed by atoms with Gasteiger partial charge in [0.2, 0.25) is 5.58 Å². The molecule has 0 amide bonds. The van der Waals surface area contributed by atoms with Gasteiger partial charge in [0.1, 0.15) is 0 Å². The van der Waals surface area contributed by atoms with Gasteiger partial charge >= 0.3 is 0 Å². The molecule has 0 saturated heterocycles. The van der Waals surface area contributed by atoms with Crippen LogP contribution in [-0.2, 0) is 0 Å². The number of benzene rings is 1. The first kappa shape index (κ1) is 13.7. The summed E-state index contributed by atoms with van der Waals surface area (Å²) in [6.45, 7) is 2.95. The lowest BCUT2D eigenvalue weighted by Crippen LogP contribution is -2.29. The van der Waals surface area contributed by atoms with Crippen molar-refractivity contribution in [3.05, 3.63) is 24.0 Å². The van der Waals surface area contributed by atoms with Crippen molar-refractivity contribution in [3.63, 3.8) is 0 Å². The molecular weight excluding hydrogens is 265 g/mol. The van der Waals surface area contributed by atoms with Crippen LogP contribution in [0, 0.1) is 5.82 Å². The van der Waals surface area contributed by atoms with Gasteiger partial charge in [-0.25, -0.2) is 4.39 Å². The van der Waals surface area contributed by atoms with Crippen LogP contribution in [0.2, 0.25) is 0 Å². The number of anilines is 1. The monoisotopic (exact) mass is 281 g/mol. The van der Waals surface area contributed by atoms with Gasteiger partial charge in [-0.05, 0) is 30.8 Å². The lowest BCUT2D eigenvalue weighted by Gasteiger charge is -2.07. The second-order valence-corrected chi connectivity index (χ2v) is 4.64. The quantitative estimate of drug-likeness (QED) is 0.649. The highest BCUT2D eigenvalue weighted by Crippen LogP contribution is 2.24. The van der Waals surface area contributed by atoms with Crippen LogP contribution >= 0.6 is 12.2 Å². The third-order valence-corrected chi connectivity index (χ3v) is 2.99. The SMILES string of the molecule is CCCCCNC(=S)Nc1noc2c(F)cccc12.